The van der Waals surface area contributed by atoms with Crippen molar-refractivity contribution < 1.29 is 34.0 Å². The largest absolute Gasteiger partial charge is 0.481 e. The van der Waals surface area contributed by atoms with E-state index in [0.29, 0.717) is 18.2 Å². The Hall–Kier alpha value is -0.960. The Morgan fingerprint density at radius 2 is 2.00 bits per heavy atom. The molecular weight excluding hydrogens is 432 g/mol. The molecule has 0 radical (unpaired) electrons. The van der Waals surface area contributed by atoms with Crippen LogP contribution >= 0.6 is 15.9 Å². The molecule has 2 rings (SSSR count). The zero-order valence-corrected chi connectivity index (χ0v) is 18.5. The average molecular weight is 463 g/mol. The molecule has 6 atom stereocenters. The fourth-order valence-corrected chi connectivity index (χ4v) is 4.89. The lowest BCUT2D eigenvalue weighted by molar-refractivity contribution is -0.192. The number of methoxy groups -OCH3 is 1. The van der Waals surface area contributed by atoms with Crippen LogP contribution in [0.4, 0.5) is 0 Å². The third kappa shape index (κ3) is 5.14. The van der Waals surface area contributed by atoms with Gasteiger partial charge in [-0.15, -0.1) is 0 Å². The minimum atomic E-state index is -1.06. The highest BCUT2D eigenvalue weighted by atomic mass is 79.9. The predicted octanol–water partition coefficient (Wildman–Crippen LogP) is 2.83. The molecule has 0 aromatic carbocycles. The summed E-state index contributed by atoms with van der Waals surface area (Å²) in [6.07, 6.45) is 2.10. The molecule has 160 valence electrons. The maximum absolute atomic E-state index is 12.1. The summed E-state index contributed by atoms with van der Waals surface area (Å²) in [7, 11) is 1.53. The van der Waals surface area contributed by atoms with Gasteiger partial charge in [0, 0.05) is 18.4 Å². The van der Waals surface area contributed by atoms with E-state index in [2.05, 4.69) is 22.0 Å². The van der Waals surface area contributed by atoms with Crippen LogP contribution in [0.2, 0.25) is 0 Å². The fraction of sp³-hybridized carbons (Fsp3) is 0.800. The first kappa shape index (κ1) is 23.3. The number of esters is 1. The molecular formula is C20H31BrO7. The van der Waals surface area contributed by atoms with Crippen molar-refractivity contribution in [2.75, 3.05) is 12.4 Å². The molecule has 0 spiro atoms. The average Bonchev–Trinajstić information content (AvgIpc) is 3.30. The van der Waals surface area contributed by atoms with E-state index in [-0.39, 0.29) is 18.9 Å². The lowest BCUT2D eigenvalue weighted by Crippen LogP contribution is -2.61. The van der Waals surface area contributed by atoms with Crippen LogP contribution in [0.1, 0.15) is 52.9 Å². The summed E-state index contributed by atoms with van der Waals surface area (Å²) in [6, 6.07) is 0. The number of ether oxygens (including phenoxy) is 3. The Bertz CT molecular complexity index is 618. The standard InChI is InChI=1S/C20H31BrO7/c1-12(2)5-6-14-19(3,28-14)18-17(26-4)13(9-10-20(18,25)11-21)27-16(24)8-7-15(22)23/h5,13-14,17-18,25H,6-11H2,1-4H3,(H,22,23)/t13-,14-,17-,18-,19+,20+/m1/s1. The zero-order valence-electron chi connectivity index (χ0n) is 16.9. The van der Waals surface area contributed by atoms with Crippen LogP contribution in [0.25, 0.3) is 0 Å². The Labute approximate surface area is 174 Å². The van der Waals surface area contributed by atoms with Gasteiger partial charge in [0.1, 0.15) is 17.8 Å². The first-order chi connectivity index (χ1) is 13.1. The van der Waals surface area contributed by atoms with Crippen LogP contribution in [-0.2, 0) is 23.8 Å². The van der Waals surface area contributed by atoms with Gasteiger partial charge >= 0.3 is 11.9 Å². The minimum Gasteiger partial charge on any atom is -0.481 e. The summed E-state index contributed by atoms with van der Waals surface area (Å²) < 4.78 is 17.3. The van der Waals surface area contributed by atoms with Crippen LogP contribution in [0.3, 0.4) is 0 Å². The normalized spacial score (nSPS) is 37.2. The smallest absolute Gasteiger partial charge is 0.306 e. The molecule has 0 aromatic rings. The van der Waals surface area contributed by atoms with Gasteiger partial charge in [-0.25, -0.2) is 0 Å². The van der Waals surface area contributed by atoms with Crippen molar-refractivity contribution >= 4 is 27.9 Å². The molecule has 2 N–H and O–H groups in total. The van der Waals surface area contributed by atoms with E-state index >= 15 is 0 Å². The number of epoxide rings is 1. The fourth-order valence-electron chi connectivity index (χ4n) is 4.26. The number of allylic oxidation sites excluding steroid dienone is 1. The summed E-state index contributed by atoms with van der Waals surface area (Å²) in [6.45, 7) is 6.02. The molecule has 1 aliphatic heterocycles. The highest BCUT2D eigenvalue weighted by Crippen LogP contribution is 2.55. The van der Waals surface area contributed by atoms with E-state index in [1.165, 1.54) is 12.7 Å². The second kappa shape index (κ2) is 9.24. The quantitative estimate of drug-likeness (QED) is 0.235. The Balaban J connectivity index is 2.18. The zero-order chi connectivity index (χ0) is 21.1. The van der Waals surface area contributed by atoms with Gasteiger partial charge in [0.2, 0.25) is 0 Å². The molecule has 7 nitrogen and oxygen atoms in total. The van der Waals surface area contributed by atoms with E-state index in [9.17, 15) is 14.7 Å². The van der Waals surface area contributed by atoms with Crippen LogP contribution in [0.15, 0.2) is 11.6 Å². The summed E-state index contributed by atoms with van der Waals surface area (Å²) in [4.78, 5) is 22.8. The number of carboxylic acids is 1. The molecule has 8 heteroatoms. The summed E-state index contributed by atoms with van der Waals surface area (Å²) in [5.41, 5.74) is -0.453. The van der Waals surface area contributed by atoms with E-state index in [1.807, 2.05) is 20.8 Å². The van der Waals surface area contributed by atoms with Gasteiger partial charge in [0.25, 0.3) is 0 Å². The monoisotopic (exact) mass is 462 g/mol. The Kier molecular flexibility index (Phi) is 7.69. The molecule has 1 saturated carbocycles. The number of hydrogen-bond donors (Lipinski definition) is 2. The molecule has 1 saturated heterocycles. The third-order valence-corrected chi connectivity index (χ3v) is 6.77. The number of carbonyl (C=O) groups excluding carboxylic acids is 1. The molecule has 0 unspecified atom stereocenters. The molecule has 0 amide bonds. The first-order valence-corrected chi connectivity index (χ1v) is 10.7. The second-order valence-electron chi connectivity index (χ2n) is 8.18. The van der Waals surface area contributed by atoms with Crippen molar-refractivity contribution in [2.24, 2.45) is 5.92 Å². The number of carbonyl (C=O) groups is 2. The van der Waals surface area contributed by atoms with Gasteiger partial charge in [0.15, 0.2) is 0 Å². The Morgan fingerprint density at radius 1 is 1.32 bits per heavy atom. The van der Waals surface area contributed by atoms with Crippen molar-refractivity contribution in [3.05, 3.63) is 11.6 Å². The summed E-state index contributed by atoms with van der Waals surface area (Å²) in [5, 5.41) is 20.4. The van der Waals surface area contributed by atoms with Gasteiger partial charge < -0.3 is 24.4 Å². The van der Waals surface area contributed by atoms with Crippen molar-refractivity contribution in [3.8, 4) is 0 Å². The number of aliphatic carboxylic acids is 1. The first-order valence-electron chi connectivity index (χ1n) is 9.61. The van der Waals surface area contributed by atoms with Gasteiger partial charge in [-0.05, 0) is 40.0 Å². The van der Waals surface area contributed by atoms with Crippen molar-refractivity contribution in [3.63, 3.8) is 0 Å². The third-order valence-electron chi connectivity index (χ3n) is 5.80. The topological polar surface area (TPSA) is 106 Å². The highest BCUT2D eigenvalue weighted by molar-refractivity contribution is 9.09. The molecule has 1 aliphatic carbocycles. The van der Waals surface area contributed by atoms with Crippen molar-refractivity contribution in [2.45, 2.75) is 82.4 Å². The summed E-state index contributed by atoms with van der Waals surface area (Å²) >= 11 is 3.43. The van der Waals surface area contributed by atoms with E-state index in [4.69, 9.17) is 19.3 Å². The van der Waals surface area contributed by atoms with Gasteiger partial charge in [-0.2, -0.15) is 0 Å². The molecule has 28 heavy (non-hydrogen) atoms. The number of carboxylic acid groups (broad SMARTS) is 1. The number of rotatable bonds is 9. The van der Waals surface area contributed by atoms with Gasteiger partial charge in [0.05, 0.1) is 24.5 Å². The number of halogens is 1. The van der Waals surface area contributed by atoms with Crippen LogP contribution in [0.5, 0.6) is 0 Å². The molecule has 2 fully saturated rings. The highest BCUT2D eigenvalue weighted by Gasteiger charge is 2.67. The maximum Gasteiger partial charge on any atom is 0.306 e. The molecule has 0 aromatic heterocycles. The Morgan fingerprint density at radius 3 is 2.54 bits per heavy atom. The molecule has 1 heterocycles. The van der Waals surface area contributed by atoms with E-state index in [0.717, 1.165) is 6.42 Å². The van der Waals surface area contributed by atoms with E-state index < -0.39 is 41.3 Å². The molecule has 2 aliphatic rings. The van der Waals surface area contributed by atoms with Crippen LogP contribution in [-0.4, -0.2) is 64.1 Å². The maximum atomic E-state index is 12.1. The van der Waals surface area contributed by atoms with E-state index in [1.54, 1.807) is 0 Å². The van der Waals surface area contributed by atoms with Gasteiger partial charge in [-0.3, -0.25) is 9.59 Å². The minimum absolute atomic E-state index is 0.0444. The lowest BCUT2D eigenvalue weighted by atomic mass is 9.66. The lowest BCUT2D eigenvalue weighted by Gasteiger charge is -2.48. The van der Waals surface area contributed by atoms with Crippen LogP contribution in [0, 0.1) is 5.92 Å². The SMILES string of the molecule is CO[C@@H]1[C@H](OC(=O)CCC(=O)O)CC[C@](O)(CBr)[C@H]1[C@@]1(C)O[C@@H]1CC=C(C)C. The van der Waals surface area contributed by atoms with Gasteiger partial charge in [-0.1, -0.05) is 27.6 Å². The number of alkyl halides is 1. The summed E-state index contributed by atoms with van der Waals surface area (Å²) in [5.74, 6) is -2.01. The predicted molar refractivity (Wildman–Crippen MR) is 106 cm³/mol. The second-order valence-corrected chi connectivity index (χ2v) is 8.74. The van der Waals surface area contributed by atoms with Crippen LogP contribution < -0.4 is 0 Å². The number of aliphatic hydroxyl groups is 1. The van der Waals surface area contributed by atoms with Crippen molar-refractivity contribution in [1.29, 1.82) is 0 Å². The molecule has 0 bridgehead atoms. The number of hydrogen-bond acceptors (Lipinski definition) is 6. The van der Waals surface area contributed by atoms with Crippen molar-refractivity contribution in [1.82, 2.24) is 0 Å².